The van der Waals surface area contributed by atoms with Crippen LogP contribution in [0.15, 0.2) is 63.5 Å². The van der Waals surface area contributed by atoms with E-state index in [0.29, 0.717) is 0 Å². The molecule has 146 valence electrons. The second kappa shape index (κ2) is 8.55. The molecule has 3 rings (SSSR count). The summed E-state index contributed by atoms with van der Waals surface area (Å²) < 4.78 is 27.3. The van der Waals surface area contributed by atoms with Gasteiger partial charge in [0, 0.05) is 16.1 Å². The normalized spacial score (nSPS) is 12.3. The number of carbonyl (C=O) groups excluding carboxylic acids is 1. The van der Waals surface area contributed by atoms with Crippen LogP contribution in [-0.4, -0.2) is 25.4 Å². The van der Waals surface area contributed by atoms with Crippen molar-refractivity contribution in [3.63, 3.8) is 0 Å². The fourth-order valence-corrected chi connectivity index (χ4v) is 5.29. The molecule has 0 spiro atoms. The molecule has 2 heterocycles. The van der Waals surface area contributed by atoms with E-state index in [9.17, 15) is 18.0 Å². The van der Waals surface area contributed by atoms with Gasteiger partial charge in [-0.15, -0.1) is 22.7 Å². The number of hydrogen-bond acceptors (Lipinski definition) is 6. The molecule has 3 N–H and O–H groups in total. The van der Waals surface area contributed by atoms with Crippen LogP contribution in [0.1, 0.15) is 27.7 Å². The Balaban J connectivity index is 1.77. The quantitative estimate of drug-likeness (QED) is 0.500. The zero-order chi connectivity index (χ0) is 20.1. The van der Waals surface area contributed by atoms with Crippen LogP contribution >= 0.6 is 22.7 Å². The van der Waals surface area contributed by atoms with Crippen molar-refractivity contribution >= 4 is 50.3 Å². The number of aliphatic carboxylic acids is 1. The molecule has 0 aliphatic rings. The molecule has 10 heteroatoms. The molecule has 0 bridgehead atoms. The van der Waals surface area contributed by atoms with E-state index >= 15 is 0 Å². The van der Waals surface area contributed by atoms with Crippen LogP contribution < -0.4 is 10.0 Å². The molecular weight excluding hydrogens is 420 g/mol. The molecule has 1 amide bonds. The van der Waals surface area contributed by atoms with Crippen molar-refractivity contribution in [2.45, 2.75) is 16.7 Å². The lowest BCUT2D eigenvalue weighted by Crippen LogP contribution is -2.29. The van der Waals surface area contributed by atoms with Crippen LogP contribution in [0.2, 0.25) is 0 Å². The highest BCUT2D eigenvalue weighted by Crippen LogP contribution is 2.24. The first-order valence-electron chi connectivity index (χ1n) is 8.07. The lowest BCUT2D eigenvalue weighted by atomic mass is 10.1. The Bertz CT molecular complexity index is 1060. The van der Waals surface area contributed by atoms with E-state index in [2.05, 4.69) is 10.0 Å². The molecule has 0 saturated heterocycles. The fourth-order valence-electron chi connectivity index (χ4n) is 2.47. The van der Waals surface area contributed by atoms with Crippen LogP contribution in [0.4, 0.5) is 5.69 Å². The third-order valence-corrected chi connectivity index (χ3v) is 7.47. The van der Waals surface area contributed by atoms with Crippen molar-refractivity contribution in [1.29, 1.82) is 0 Å². The molecule has 0 fully saturated rings. The Morgan fingerprint density at radius 2 is 1.79 bits per heavy atom. The third kappa shape index (κ3) is 4.97. The first kappa shape index (κ1) is 20.1. The minimum Gasteiger partial charge on any atom is -0.481 e. The van der Waals surface area contributed by atoms with Crippen molar-refractivity contribution in [2.75, 3.05) is 4.72 Å². The summed E-state index contributed by atoms with van der Waals surface area (Å²) in [7, 11) is -3.73. The number of sulfonamides is 1. The molecule has 28 heavy (non-hydrogen) atoms. The molecule has 7 nitrogen and oxygen atoms in total. The van der Waals surface area contributed by atoms with Crippen molar-refractivity contribution < 1.29 is 23.1 Å². The zero-order valence-corrected chi connectivity index (χ0v) is 16.8. The average Bonchev–Trinajstić information content (AvgIpc) is 3.34. The largest absolute Gasteiger partial charge is 0.481 e. The lowest BCUT2D eigenvalue weighted by Gasteiger charge is -2.16. The van der Waals surface area contributed by atoms with Crippen molar-refractivity contribution in [3.05, 3.63) is 69.7 Å². The topological polar surface area (TPSA) is 113 Å². The Morgan fingerprint density at radius 3 is 2.43 bits per heavy atom. The predicted molar refractivity (Wildman–Crippen MR) is 108 cm³/mol. The van der Waals surface area contributed by atoms with E-state index in [4.69, 9.17) is 5.11 Å². The third-order valence-electron chi connectivity index (χ3n) is 3.71. The molecule has 0 saturated carbocycles. The van der Waals surface area contributed by atoms with Crippen molar-refractivity contribution in [3.8, 4) is 0 Å². The van der Waals surface area contributed by atoms with Gasteiger partial charge in [0.15, 0.2) is 0 Å². The molecule has 1 unspecified atom stereocenters. The van der Waals surface area contributed by atoms with E-state index < -0.39 is 27.9 Å². The zero-order valence-electron chi connectivity index (χ0n) is 14.4. The van der Waals surface area contributed by atoms with Gasteiger partial charge in [-0.3, -0.25) is 14.3 Å². The first-order chi connectivity index (χ1) is 13.3. The standard InChI is InChI=1S/C18H16N2O5S3/c21-16(22)11-14(15-6-2-8-26-15)19-18(23)12-4-1-5-13(10-12)20-28(24,25)17-7-3-9-27-17/h1-10,14,20H,11H2,(H,19,23)(H,21,22). The maximum atomic E-state index is 12.6. The van der Waals surface area contributed by atoms with Gasteiger partial charge >= 0.3 is 5.97 Å². The fraction of sp³-hybridized carbons (Fsp3) is 0.111. The SMILES string of the molecule is O=C(O)CC(NC(=O)c1cccc(NS(=O)(=O)c2cccs2)c1)c1cccs1. The van der Waals surface area contributed by atoms with E-state index in [1.807, 2.05) is 0 Å². The van der Waals surface area contributed by atoms with Gasteiger partial charge in [-0.2, -0.15) is 0 Å². The maximum absolute atomic E-state index is 12.6. The molecule has 2 aromatic heterocycles. The van der Waals surface area contributed by atoms with E-state index in [1.165, 1.54) is 35.6 Å². The number of anilines is 1. The highest BCUT2D eigenvalue weighted by molar-refractivity contribution is 7.94. The smallest absolute Gasteiger partial charge is 0.305 e. The number of benzene rings is 1. The summed E-state index contributed by atoms with van der Waals surface area (Å²) in [5.74, 6) is -1.52. The summed E-state index contributed by atoms with van der Waals surface area (Å²) >= 11 is 2.44. The molecule has 1 atom stereocenters. The monoisotopic (exact) mass is 436 g/mol. The van der Waals surface area contributed by atoms with E-state index in [0.717, 1.165) is 16.2 Å². The van der Waals surface area contributed by atoms with Gasteiger partial charge in [-0.05, 0) is 41.1 Å². The van der Waals surface area contributed by atoms with Gasteiger partial charge in [-0.25, -0.2) is 8.42 Å². The summed E-state index contributed by atoms with van der Waals surface area (Å²) in [6.45, 7) is 0. The Kier molecular flexibility index (Phi) is 6.12. The summed E-state index contributed by atoms with van der Waals surface area (Å²) in [4.78, 5) is 24.5. The van der Waals surface area contributed by atoms with Crippen LogP contribution in [0.25, 0.3) is 0 Å². The van der Waals surface area contributed by atoms with Crippen LogP contribution in [0, 0.1) is 0 Å². The van der Waals surface area contributed by atoms with Crippen molar-refractivity contribution in [2.24, 2.45) is 0 Å². The second-order valence-electron chi connectivity index (χ2n) is 5.76. The van der Waals surface area contributed by atoms with Gasteiger partial charge < -0.3 is 10.4 Å². The number of carboxylic acid groups (broad SMARTS) is 1. The highest BCUT2D eigenvalue weighted by atomic mass is 32.2. The number of nitrogens with one attached hydrogen (secondary N) is 2. The summed E-state index contributed by atoms with van der Waals surface area (Å²) in [6.07, 6.45) is -0.253. The number of rotatable bonds is 8. The summed E-state index contributed by atoms with van der Waals surface area (Å²) in [5.41, 5.74) is 0.463. The number of carbonyl (C=O) groups is 2. The molecule has 0 aliphatic carbocycles. The van der Waals surface area contributed by atoms with Gasteiger partial charge in [-0.1, -0.05) is 18.2 Å². The molecule has 0 aliphatic heterocycles. The number of thiophene rings is 2. The van der Waals surface area contributed by atoms with Gasteiger partial charge in [0.2, 0.25) is 0 Å². The molecule has 3 aromatic rings. The maximum Gasteiger partial charge on any atom is 0.305 e. The Labute approximate surface area is 169 Å². The highest BCUT2D eigenvalue weighted by Gasteiger charge is 2.21. The van der Waals surface area contributed by atoms with Gasteiger partial charge in [0.05, 0.1) is 12.5 Å². The predicted octanol–water partition coefficient (Wildman–Crippen LogP) is 3.56. The minimum absolute atomic E-state index is 0.168. The molecule has 0 radical (unpaired) electrons. The lowest BCUT2D eigenvalue weighted by molar-refractivity contribution is -0.137. The molecule has 1 aromatic carbocycles. The average molecular weight is 437 g/mol. The van der Waals surface area contributed by atoms with Crippen molar-refractivity contribution in [1.82, 2.24) is 5.32 Å². The number of amides is 1. The molecular formula is C18H16N2O5S3. The van der Waals surface area contributed by atoms with Crippen LogP contribution in [0.5, 0.6) is 0 Å². The van der Waals surface area contributed by atoms with Gasteiger partial charge in [0.25, 0.3) is 15.9 Å². The van der Waals surface area contributed by atoms with Gasteiger partial charge in [0.1, 0.15) is 4.21 Å². The summed E-state index contributed by atoms with van der Waals surface area (Å²) in [5, 5.41) is 15.3. The van der Waals surface area contributed by atoms with E-state index in [-0.39, 0.29) is 21.9 Å². The van der Waals surface area contributed by atoms with E-state index in [1.54, 1.807) is 35.0 Å². The number of carboxylic acids is 1. The Hall–Kier alpha value is -2.69. The minimum atomic E-state index is -3.73. The van der Waals surface area contributed by atoms with Crippen LogP contribution in [-0.2, 0) is 14.8 Å². The first-order valence-corrected chi connectivity index (χ1v) is 11.3. The summed E-state index contributed by atoms with van der Waals surface area (Å²) in [6, 6.07) is 12.0. The Morgan fingerprint density at radius 1 is 1.04 bits per heavy atom. The second-order valence-corrected chi connectivity index (χ2v) is 9.59. The van der Waals surface area contributed by atoms with Crippen LogP contribution in [0.3, 0.4) is 0 Å². The number of hydrogen-bond donors (Lipinski definition) is 3.